The molecule has 0 aliphatic carbocycles. The lowest BCUT2D eigenvalue weighted by Gasteiger charge is -2.13. The van der Waals surface area contributed by atoms with E-state index in [9.17, 15) is 0 Å². The van der Waals surface area contributed by atoms with Crippen LogP contribution in [0, 0.1) is 5.92 Å². The molecule has 0 amide bonds. The highest BCUT2D eigenvalue weighted by molar-refractivity contribution is 4.68. The first-order valence-corrected chi connectivity index (χ1v) is 8.01. The lowest BCUT2D eigenvalue weighted by Crippen LogP contribution is -2.18. The van der Waals surface area contributed by atoms with Gasteiger partial charge < -0.3 is 9.47 Å². The van der Waals surface area contributed by atoms with Crippen LogP contribution in [0.25, 0.3) is 0 Å². The predicted octanol–water partition coefficient (Wildman–Crippen LogP) is 4.91. The van der Waals surface area contributed by atoms with Crippen molar-refractivity contribution < 1.29 is 9.47 Å². The third kappa shape index (κ3) is 6.75. The number of rotatable bonds is 10. The molecule has 108 valence electrons. The molecule has 2 heteroatoms. The van der Waals surface area contributed by atoms with E-state index >= 15 is 0 Å². The molecule has 1 heterocycles. The molecule has 18 heavy (non-hydrogen) atoms. The fourth-order valence-electron chi connectivity index (χ4n) is 2.42. The van der Waals surface area contributed by atoms with E-state index in [2.05, 4.69) is 20.8 Å². The van der Waals surface area contributed by atoms with Gasteiger partial charge in [-0.1, -0.05) is 65.7 Å². The molecule has 1 aliphatic rings. The molecule has 0 aromatic carbocycles. The highest BCUT2D eigenvalue weighted by atomic mass is 16.7. The molecular formula is C16H32O2. The van der Waals surface area contributed by atoms with Gasteiger partial charge in [0.05, 0.1) is 12.7 Å². The van der Waals surface area contributed by atoms with Crippen LogP contribution in [0.4, 0.5) is 0 Å². The summed E-state index contributed by atoms with van der Waals surface area (Å²) in [4.78, 5) is 0. The van der Waals surface area contributed by atoms with Crippen molar-refractivity contribution >= 4 is 0 Å². The smallest absolute Gasteiger partial charge is 0.158 e. The van der Waals surface area contributed by atoms with Crippen LogP contribution in [0.2, 0.25) is 0 Å². The molecule has 0 bridgehead atoms. The first-order valence-electron chi connectivity index (χ1n) is 8.01. The second kappa shape index (κ2) is 9.80. The Morgan fingerprint density at radius 1 is 0.944 bits per heavy atom. The van der Waals surface area contributed by atoms with Crippen LogP contribution in [0.3, 0.4) is 0 Å². The molecule has 1 rings (SSSR count). The van der Waals surface area contributed by atoms with E-state index < -0.39 is 0 Å². The Labute approximate surface area is 113 Å². The van der Waals surface area contributed by atoms with Crippen molar-refractivity contribution in [2.75, 3.05) is 6.61 Å². The molecule has 0 radical (unpaired) electrons. The maximum Gasteiger partial charge on any atom is 0.158 e. The Bertz CT molecular complexity index is 192. The van der Waals surface area contributed by atoms with Crippen LogP contribution in [0.15, 0.2) is 0 Å². The zero-order valence-electron chi connectivity index (χ0n) is 12.6. The van der Waals surface area contributed by atoms with Gasteiger partial charge in [0.1, 0.15) is 0 Å². The van der Waals surface area contributed by atoms with Gasteiger partial charge in [-0.15, -0.1) is 0 Å². The van der Waals surface area contributed by atoms with Gasteiger partial charge in [-0.2, -0.15) is 0 Å². The lowest BCUT2D eigenvalue weighted by molar-refractivity contribution is -0.0697. The van der Waals surface area contributed by atoms with Crippen LogP contribution in [0.1, 0.15) is 78.6 Å². The molecule has 1 saturated heterocycles. The summed E-state index contributed by atoms with van der Waals surface area (Å²) >= 11 is 0. The van der Waals surface area contributed by atoms with Crippen LogP contribution in [-0.2, 0) is 9.47 Å². The average molecular weight is 256 g/mol. The Morgan fingerprint density at radius 2 is 1.56 bits per heavy atom. The number of hydrogen-bond acceptors (Lipinski definition) is 2. The van der Waals surface area contributed by atoms with Crippen molar-refractivity contribution in [3.8, 4) is 0 Å². The van der Waals surface area contributed by atoms with E-state index in [0.29, 0.717) is 12.0 Å². The number of ether oxygens (including phenoxy) is 2. The first-order chi connectivity index (χ1) is 8.74. The van der Waals surface area contributed by atoms with Gasteiger partial charge >= 0.3 is 0 Å². The molecule has 2 atom stereocenters. The average Bonchev–Trinajstić information content (AvgIpc) is 2.81. The summed E-state index contributed by atoms with van der Waals surface area (Å²) in [6.07, 6.45) is 12.4. The zero-order chi connectivity index (χ0) is 13.2. The van der Waals surface area contributed by atoms with Gasteiger partial charge in [-0.25, -0.2) is 0 Å². The van der Waals surface area contributed by atoms with Gasteiger partial charge in [-0.3, -0.25) is 0 Å². The van der Waals surface area contributed by atoms with Crippen molar-refractivity contribution in [3.63, 3.8) is 0 Å². The standard InChI is InChI=1S/C16H32O2/c1-4-5-6-7-8-9-10-11-12-16-17-13-15(18-16)14(2)3/h14-16H,4-13H2,1-3H3. The summed E-state index contributed by atoms with van der Waals surface area (Å²) in [6, 6.07) is 0. The Hall–Kier alpha value is -0.0800. The van der Waals surface area contributed by atoms with E-state index in [4.69, 9.17) is 9.47 Å². The van der Waals surface area contributed by atoms with Gasteiger partial charge in [0, 0.05) is 0 Å². The normalized spacial score (nSPS) is 24.0. The molecule has 0 N–H and O–H groups in total. The van der Waals surface area contributed by atoms with Crippen LogP contribution < -0.4 is 0 Å². The van der Waals surface area contributed by atoms with Crippen LogP contribution in [-0.4, -0.2) is 19.0 Å². The topological polar surface area (TPSA) is 18.5 Å². The fraction of sp³-hybridized carbons (Fsp3) is 1.00. The second-order valence-electron chi connectivity index (χ2n) is 5.94. The highest BCUT2D eigenvalue weighted by Gasteiger charge is 2.27. The quantitative estimate of drug-likeness (QED) is 0.517. The Kier molecular flexibility index (Phi) is 8.70. The minimum Gasteiger partial charge on any atom is -0.350 e. The Balaban J connectivity index is 1.87. The zero-order valence-corrected chi connectivity index (χ0v) is 12.6. The van der Waals surface area contributed by atoms with E-state index in [1.165, 1.54) is 51.4 Å². The molecule has 2 nitrogen and oxygen atoms in total. The lowest BCUT2D eigenvalue weighted by atomic mass is 10.1. The predicted molar refractivity (Wildman–Crippen MR) is 76.7 cm³/mol. The second-order valence-corrected chi connectivity index (χ2v) is 5.94. The minimum absolute atomic E-state index is 0.0810. The molecule has 2 unspecified atom stereocenters. The third-order valence-corrected chi connectivity index (χ3v) is 3.81. The SMILES string of the molecule is CCCCCCCCCCC1OCC(C(C)C)O1. The molecule has 1 aliphatic heterocycles. The third-order valence-electron chi connectivity index (χ3n) is 3.81. The van der Waals surface area contributed by atoms with Crippen molar-refractivity contribution in [1.29, 1.82) is 0 Å². The summed E-state index contributed by atoms with van der Waals surface area (Å²) in [7, 11) is 0. The van der Waals surface area contributed by atoms with Gasteiger partial charge in [0.2, 0.25) is 0 Å². The van der Waals surface area contributed by atoms with E-state index in [0.717, 1.165) is 13.0 Å². The molecule has 1 fully saturated rings. The minimum atomic E-state index is 0.0810. The van der Waals surface area contributed by atoms with Crippen molar-refractivity contribution in [2.45, 2.75) is 91.0 Å². The number of hydrogen-bond donors (Lipinski definition) is 0. The van der Waals surface area contributed by atoms with E-state index in [1.807, 2.05) is 0 Å². The first kappa shape index (κ1) is 16.0. The summed E-state index contributed by atoms with van der Waals surface area (Å²) in [6.45, 7) is 7.46. The summed E-state index contributed by atoms with van der Waals surface area (Å²) in [5.41, 5.74) is 0. The summed E-state index contributed by atoms with van der Waals surface area (Å²) in [5.74, 6) is 0.577. The van der Waals surface area contributed by atoms with Crippen molar-refractivity contribution in [3.05, 3.63) is 0 Å². The molecule has 0 aromatic heterocycles. The van der Waals surface area contributed by atoms with Gasteiger partial charge in [0.15, 0.2) is 6.29 Å². The van der Waals surface area contributed by atoms with Gasteiger partial charge in [0.25, 0.3) is 0 Å². The van der Waals surface area contributed by atoms with Crippen LogP contribution >= 0.6 is 0 Å². The van der Waals surface area contributed by atoms with Crippen molar-refractivity contribution in [2.24, 2.45) is 5.92 Å². The van der Waals surface area contributed by atoms with Crippen molar-refractivity contribution in [1.82, 2.24) is 0 Å². The largest absolute Gasteiger partial charge is 0.350 e. The maximum absolute atomic E-state index is 5.86. The highest BCUT2D eigenvalue weighted by Crippen LogP contribution is 2.22. The van der Waals surface area contributed by atoms with Gasteiger partial charge in [-0.05, 0) is 18.8 Å². The monoisotopic (exact) mass is 256 g/mol. The fourth-order valence-corrected chi connectivity index (χ4v) is 2.42. The molecular weight excluding hydrogens is 224 g/mol. The maximum atomic E-state index is 5.86. The van der Waals surface area contributed by atoms with Crippen LogP contribution in [0.5, 0.6) is 0 Å². The summed E-state index contributed by atoms with van der Waals surface area (Å²) in [5, 5.41) is 0. The molecule has 0 spiro atoms. The summed E-state index contributed by atoms with van der Waals surface area (Å²) < 4.78 is 11.5. The Morgan fingerprint density at radius 3 is 2.11 bits per heavy atom. The molecule has 0 saturated carbocycles. The van der Waals surface area contributed by atoms with E-state index in [-0.39, 0.29) is 6.29 Å². The molecule has 0 aromatic rings. The van der Waals surface area contributed by atoms with E-state index in [1.54, 1.807) is 0 Å². The number of unbranched alkanes of at least 4 members (excludes halogenated alkanes) is 7.